The van der Waals surface area contributed by atoms with E-state index in [4.69, 9.17) is 4.74 Å². The van der Waals surface area contributed by atoms with Gasteiger partial charge in [0, 0.05) is 29.5 Å². The van der Waals surface area contributed by atoms with Gasteiger partial charge in [0.25, 0.3) is 0 Å². The second kappa shape index (κ2) is 9.85. The number of ether oxygens (including phenoxy) is 1. The van der Waals surface area contributed by atoms with Crippen molar-refractivity contribution >= 4 is 19.6 Å². The molecular weight excluding hydrogens is 377 g/mol. The Hall–Kier alpha value is -1.73. The maximum Gasteiger partial charge on any atom is 0.119 e. The molecular formula is C25H36NO2P. The summed E-state index contributed by atoms with van der Waals surface area (Å²) >= 11 is 0. The second-order valence-corrected chi connectivity index (χ2v) is 10.0. The van der Waals surface area contributed by atoms with Crippen LogP contribution in [-0.4, -0.2) is 25.3 Å². The maximum absolute atomic E-state index is 10.8. The highest BCUT2D eigenvalue weighted by Gasteiger charge is 2.34. The number of phenolic OH excluding ortho intramolecular Hbond substituents is 1. The zero-order valence-corrected chi connectivity index (χ0v) is 19.4. The first-order valence-corrected chi connectivity index (χ1v) is 12.0. The fourth-order valence-corrected chi connectivity index (χ4v) is 6.50. The minimum atomic E-state index is -0.0762. The van der Waals surface area contributed by atoms with Gasteiger partial charge in [-0.2, -0.15) is 0 Å². The van der Waals surface area contributed by atoms with Crippen molar-refractivity contribution in [3.63, 3.8) is 0 Å². The standard InChI is InChI=1S/C25H36NO2P/c1-5-14-25(6-2,21-18-20(28-4)11-12-23(21)27)29-24-13-10-19(3)17-22(24)26-15-8-7-9-16-26/h10-13,17-18,27,29H,5-9,14-16H2,1-4H3. The number of aromatic hydroxyl groups is 1. The van der Waals surface area contributed by atoms with Crippen LogP contribution in [0.25, 0.3) is 0 Å². The van der Waals surface area contributed by atoms with Gasteiger partial charge in [0.2, 0.25) is 0 Å². The Bertz CT molecular complexity index is 816. The van der Waals surface area contributed by atoms with Crippen LogP contribution in [0, 0.1) is 6.92 Å². The summed E-state index contributed by atoms with van der Waals surface area (Å²) in [5.74, 6) is 1.21. The quantitative estimate of drug-likeness (QED) is 0.530. The lowest BCUT2D eigenvalue weighted by Gasteiger charge is -2.37. The molecule has 0 saturated carbocycles. The molecule has 0 aromatic heterocycles. The van der Waals surface area contributed by atoms with Crippen molar-refractivity contribution in [2.24, 2.45) is 0 Å². The number of anilines is 1. The predicted octanol–water partition coefficient (Wildman–Crippen LogP) is 6.11. The average molecular weight is 414 g/mol. The van der Waals surface area contributed by atoms with E-state index in [0.717, 1.165) is 43.7 Å². The second-order valence-electron chi connectivity index (χ2n) is 8.26. The van der Waals surface area contributed by atoms with Crippen LogP contribution in [-0.2, 0) is 5.16 Å². The van der Waals surface area contributed by atoms with E-state index in [1.807, 2.05) is 6.07 Å². The molecule has 1 N–H and O–H groups in total. The van der Waals surface area contributed by atoms with Gasteiger partial charge in [0.1, 0.15) is 11.5 Å². The molecule has 3 rings (SSSR count). The number of nitrogens with zero attached hydrogens (tertiary/aromatic N) is 1. The summed E-state index contributed by atoms with van der Waals surface area (Å²) in [6, 6.07) is 12.6. The lowest BCUT2D eigenvalue weighted by atomic mass is 9.90. The van der Waals surface area contributed by atoms with E-state index in [-0.39, 0.29) is 5.16 Å². The van der Waals surface area contributed by atoms with Gasteiger partial charge < -0.3 is 14.7 Å². The van der Waals surface area contributed by atoms with Crippen molar-refractivity contribution in [3.05, 3.63) is 47.5 Å². The highest BCUT2D eigenvalue weighted by Crippen LogP contribution is 2.52. The molecule has 2 aromatic carbocycles. The molecule has 1 aliphatic heterocycles. The summed E-state index contributed by atoms with van der Waals surface area (Å²) in [6.45, 7) is 8.99. The van der Waals surface area contributed by atoms with Crippen molar-refractivity contribution in [2.75, 3.05) is 25.1 Å². The van der Waals surface area contributed by atoms with E-state index in [0.29, 0.717) is 14.3 Å². The number of hydrogen-bond acceptors (Lipinski definition) is 3. The third-order valence-corrected chi connectivity index (χ3v) is 8.27. The molecule has 1 heterocycles. The van der Waals surface area contributed by atoms with E-state index in [9.17, 15) is 5.11 Å². The van der Waals surface area contributed by atoms with Crippen LogP contribution < -0.4 is 14.9 Å². The molecule has 0 bridgehead atoms. The Morgan fingerprint density at radius 2 is 1.83 bits per heavy atom. The van der Waals surface area contributed by atoms with Crippen molar-refractivity contribution < 1.29 is 9.84 Å². The van der Waals surface area contributed by atoms with E-state index >= 15 is 0 Å². The predicted molar refractivity (Wildman–Crippen MR) is 127 cm³/mol. The molecule has 2 atom stereocenters. The molecule has 0 aliphatic carbocycles. The van der Waals surface area contributed by atoms with Crippen LogP contribution in [0.4, 0.5) is 5.69 Å². The van der Waals surface area contributed by atoms with E-state index in [2.05, 4.69) is 49.9 Å². The Balaban J connectivity index is 2.06. The summed E-state index contributed by atoms with van der Waals surface area (Å²) < 4.78 is 5.50. The number of aryl methyl sites for hydroxylation is 1. The Labute approximate surface area is 178 Å². The van der Waals surface area contributed by atoms with Crippen LogP contribution in [0.15, 0.2) is 36.4 Å². The first-order valence-electron chi connectivity index (χ1n) is 11.0. The van der Waals surface area contributed by atoms with Gasteiger partial charge in [-0.25, -0.2) is 0 Å². The maximum atomic E-state index is 10.8. The Morgan fingerprint density at radius 3 is 2.48 bits per heavy atom. The molecule has 4 heteroatoms. The highest BCUT2D eigenvalue weighted by molar-refractivity contribution is 7.49. The van der Waals surface area contributed by atoms with Crippen molar-refractivity contribution in [1.29, 1.82) is 0 Å². The molecule has 0 spiro atoms. The number of phenols is 1. The third-order valence-electron chi connectivity index (χ3n) is 6.22. The average Bonchev–Trinajstić information content (AvgIpc) is 2.75. The van der Waals surface area contributed by atoms with Crippen LogP contribution in [0.2, 0.25) is 0 Å². The minimum absolute atomic E-state index is 0.0762. The number of rotatable bonds is 8. The fourth-order valence-electron chi connectivity index (χ4n) is 4.57. The lowest BCUT2D eigenvalue weighted by molar-refractivity contribution is 0.405. The number of methoxy groups -OCH3 is 1. The third kappa shape index (κ3) is 4.89. The van der Waals surface area contributed by atoms with E-state index < -0.39 is 0 Å². The molecule has 2 unspecified atom stereocenters. The lowest BCUT2D eigenvalue weighted by Crippen LogP contribution is -2.33. The SMILES string of the molecule is CCCC(CC)(Pc1ccc(C)cc1N1CCCCC1)c1cc(OC)ccc1O. The van der Waals surface area contributed by atoms with Gasteiger partial charge in [0.15, 0.2) is 0 Å². The summed E-state index contributed by atoms with van der Waals surface area (Å²) in [5.41, 5.74) is 3.75. The first kappa shape index (κ1) is 22.0. The van der Waals surface area contributed by atoms with E-state index in [1.54, 1.807) is 13.2 Å². The smallest absolute Gasteiger partial charge is 0.119 e. The number of benzene rings is 2. The van der Waals surface area contributed by atoms with Gasteiger partial charge in [-0.3, -0.25) is 0 Å². The van der Waals surface area contributed by atoms with Gasteiger partial charge in [0.05, 0.1) is 7.11 Å². The topological polar surface area (TPSA) is 32.7 Å². The van der Waals surface area contributed by atoms with Crippen molar-refractivity contribution in [2.45, 2.75) is 64.5 Å². The normalized spacial score (nSPS) is 16.9. The van der Waals surface area contributed by atoms with Crippen molar-refractivity contribution in [1.82, 2.24) is 0 Å². The largest absolute Gasteiger partial charge is 0.508 e. The summed E-state index contributed by atoms with van der Waals surface area (Å²) in [4.78, 5) is 2.58. The van der Waals surface area contributed by atoms with Crippen LogP contribution in [0.3, 0.4) is 0 Å². The van der Waals surface area contributed by atoms with E-state index in [1.165, 1.54) is 35.8 Å². The van der Waals surface area contributed by atoms with Crippen LogP contribution >= 0.6 is 8.58 Å². The van der Waals surface area contributed by atoms with Gasteiger partial charge >= 0.3 is 0 Å². The summed E-state index contributed by atoms with van der Waals surface area (Å²) in [5, 5.41) is 12.2. The monoisotopic (exact) mass is 413 g/mol. The molecule has 158 valence electrons. The zero-order valence-electron chi connectivity index (χ0n) is 18.4. The van der Waals surface area contributed by atoms with Crippen LogP contribution in [0.5, 0.6) is 11.5 Å². The first-order chi connectivity index (χ1) is 14.0. The molecule has 29 heavy (non-hydrogen) atoms. The summed E-state index contributed by atoms with van der Waals surface area (Å²) in [6.07, 6.45) is 7.03. The van der Waals surface area contributed by atoms with Crippen LogP contribution in [0.1, 0.15) is 63.5 Å². The molecule has 1 fully saturated rings. The molecule has 1 saturated heterocycles. The minimum Gasteiger partial charge on any atom is -0.508 e. The summed E-state index contributed by atoms with van der Waals surface area (Å²) in [7, 11) is 2.30. The molecule has 2 aromatic rings. The highest BCUT2D eigenvalue weighted by atomic mass is 31.1. The van der Waals surface area contributed by atoms with Gasteiger partial charge in [-0.05, 0) is 74.2 Å². The Kier molecular flexibility index (Phi) is 7.46. The number of piperidine rings is 1. The van der Waals surface area contributed by atoms with Crippen molar-refractivity contribution in [3.8, 4) is 11.5 Å². The van der Waals surface area contributed by atoms with Gasteiger partial charge in [-0.1, -0.05) is 41.0 Å². The molecule has 0 amide bonds. The molecule has 3 nitrogen and oxygen atoms in total. The van der Waals surface area contributed by atoms with Gasteiger partial charge in [-0.15, -0.1) is 0 Å². The fraction of sp³-hybridized carbons (Fsp3) is 0.520. The molecule has 0 radical (unpaired) electrons. The zero-order chi connectivity index (χ0) is 20.9. The molecule has 1 aliphatic rings. The Morgan fingerprint density at radius 1 is 1.07 bits per heavy atom. The number of hydrogen-bond donors (Lipinski definition) is 1.